The lowest BCUT2D eigenvalue weighted by atomic mass is 10.1. The molecule has 170 valence electrons. The van der Waals surface area contributed by atoms with Gasteiger partial charge in [-0.15, -0.1) is 0 Å². The fourth-order valence-electron chi connectivity index (χ4n) is 3.89. The largest absolute Gasteiger partial charge is 0.492 e. The van der Waals surface area contributed by atoms with Crippen LogP contribution in [0.15, 0.2) is 52.0 Å². The highest BCUT2D eigenvalue weighted by atomic mass is 79.9. The van der Waals surface area contributed by atoms with Crippen LogP contribution in [0, 0.1) is 0 Å². The Morgan fingerprint density at radius 3 is 2.76 bits per heavy atom. The number of carbonyl (C=O) groups excluding carboxylic acids is 2. The zero-order valence-electron chi connectivity index (χ0n) is 18.0. The van der Waals surface area contributed by atoms with Crippen molar-refractivity contribution in [2.24, 2.45) is 0 Å². The predicted molar refractivity (Wildman–Crippen MR) is 131 cm³/mol. The van der Waals surface area contributed by atoms with Crippen LogP contribution in [-0.4, -0.2) is 40.1 Å². The molecule has 1 saturated heterocycles. The van der Waals surface area contributed by atoms with Gasteiger partial charge in [0.2, 0.25) is 6.79 Å². The van der Waals surface area contributed by atoms with Gasteiger partial charge in [0.1, 0.15) is 12.4 Å². The number of amides is 2. The molecule has 33 heavy (non-hydrogen) atoms. The lowest BCUT2D eigenvalue weighted by Gasteiger charge is -2.16. The second kappa shape index (κ2) is 8.79. The molecule has 0 unspecified atom stereocenters. The van der Waals surface area contributed by atoms with Crippen molar-refractivity contribution in [1.82, 2.24) is 9.47 Å². The summed E-state index contributed by atoms with van der Waals surface area (Å²) in [6.45, 7) is 4.95. The standard InChI is InChI=1S/C24H21BrN2O5S/c1-14(2)27-23(28)22(33-24(27)29)9-15-12-26(19-5-3-16(25)10-18(15)19)7-8-30-17-4-6-20-21(11-17)32-13-31-20/h3-6,9-12,14H,7-8,13H2,1-2H3/b22-9-. The summed E-state index contributed by atoms with van der Waals surface area (Å²) in [5, 5.41) is 0.757. The first kappa shape index (κ1) is 21.9. The average Bonchev–Trinajstić information content (AvgIpc) is 3.44. The minimum absolute atomic E-state index is 0.174. The minimum Gasteiger partial charge on any atom is -0.492 e. The summed E-state index contributed by atoms with van der Waals surface area (Å²) in [6.07, 6.45) is 3.79. The normalized spacial score (nSPS) is 16.6. The molecular weight excluding hydrogens is 508 g/mol. The van der Waals surface area contributed by atoms with E-state index in [1.54, 1.807) is 6.08 Å². The van der Waals surface area contributed by atoms with Crippen LogP contribution in [0.3, 0.4) is 0 Å². The SMILES string of the molecule is CC(C)N1C(=O)S/C(=C\c2cn(CCOc3ccc4c(c3)OCO4)c3ccc(Br)cc23)C1=O. The Morgan fingerprint density at radius 2 is 1.97 bits per heavy atom. The summed E-state index contributed by atoms with van der Waals surface area (Å²) in [4.78, 5) is 26.8. The van der Waals surface area contributed by atoms with Crippen molar-refractivity contribution in [3.63, 3.8) is 0 Å². The highest BCUT2D eigenvalue weighted by Gasteiger charge is 2.36. The second-order valence-corrected chi connectivity index (χ2v) is 9.86. The Bertz CT molecular complexity index is 1300. The van der Waals surface area contributed by atoms with Crippen LogP contribution >= 0.6 is 27.7 Å². The maximum absolute atomic E-state index is 12.7. The van der Waals surface area contributed by atoms with Crippen LogP contribution < -0.4 is 14.2 Å². The van der Waals surface area contributed by atoms with E-state index in [1.165, 1.54) is 4.90 Å². The molecule has 0 saturated carbocycles. The zero-order chi connectivity index (χ0) is 23.1. The Kier molecular flexibility index (Phi) is 5.84. The van der Waals surface area contributed by atoms with Crippen LogP contribution in [0.1, 0.15) is 19.4 Å². The van der Waals surface area contributed by atoms with Crippen molar-refractivity contribution in [2.45, 2.75) is 26.4 Å². The second-order valence-electron chi connectivity index (χ2n) is 7.95. The number of thioether (sulfide) groups is 1. The third-order valence-corrected chi connectivity index (χ3v) is 6.82. The minimum atomic E-state index is -0.248. The molecule has 5 rings (SSSR count). The van der Waals surface area contributed by atoms with Crippen molar-refractivity contribution in [3.05, 3.63) is 57.5 Å². The monoisotopic (exact) mass is 528 g/mol. The molecule has 7 nitrogen and oxygen atoms in total. The first-order chi connectivity index (χ1) is 15.9. The third-order valence-electron chi connectivity index (χ3n) is 5.45. The van der Waals surface area contributed by atoms with Crippen LogP contribution in [0.2, 0.25) is 0 Å². The first-order valence-corrected chi connectivity index (χ1v) is 12.1. The van der Waals surface area contributed by atoms with Crippen molar-refractivity contribution >= 4 is 55.8 Å². The molecule has 0 atom stereocenters. The maximum atomic E-state index is 12.7. The molecule has 3 heterocycles. The van der Waals surface area contributed by atoms with Crippen molar-refractivity contribution < 1.29 is 23.8 Å². The summed E-state index contributed by atoms with van der Waals surface area (Å²) < 4.78 is 19.7. The van der Waals surface area contributed by atoms with E-state index < -0.39 is 0 Å². The van der Waals surface area contributed by atoms with Crippen LogP contribution in [0.25, 0.3) is 17.0 Å². The van der Waals surface area contributed by atoms with Crippen LogP contribution in [0.5, 0.6) is 17.2 Å². The van der Waals surface area contributed by atoms with Crippen molar-refractivity contribution in [3.8, 4) is 17.2 Å². The lowest BCUT2D eigenvalue weighted by molar-refractivity contribution is -0.123. The van der Waals surface area contributed by atoms with Gasteiger partial charge < -0.3 is 18.8 Å². The number of aromatic nitrogens is 1. The number of ether oxygens (including phenoxy) is 3. The zero-order valence-corrected chi connectivity index (χ0v) is 20.4. The van der Waals surface area contributed by atoms with Gasteiger partial charge in [-0.25, -0.2) is 0 Å². The molecule has 2 aromatic carbocycles. The van der Waals surface area contributed by atoms with Gasteiger partial charge in [0, 0.05) is 39.2 Å². The number of hydrogen-bond acceptors (Lipinski definition) is 6. The lowest BCUT2D eigenvalue weighted by Crippen LogP contribution is -2.34. The number of nitrogens with zero attached hydrogens (tertiary/aromatic N) is 2. The number of fused-ring (bicyclic) bond motifs is 2. The Morgan fingerprint density at radius 1 is 1.15 bits per heavy atom. The average molecular weight is 529 g/mol. The highest BCUT2D eigenvalue weighted by molar-refractivity contribution is 9.10. The van der Waals surface area contributed by atoms with Crippen LogP contribution in [0.4, 0.5) is 4.79 Å². The topological polar surface area (TPSA) is 70.0 Å². The van der Waals surface area contributed by atoms with Crippen molar-refractivity contribution in [1.29, 1.82) is 0 Å². The molecule has 0 aliphatic carbocycles. The number of carbonyl (C=O) groups is 2. The Hall–Kier alpha value is -2.91. The Labute approximate surface area is 203 Å². The maximum Gasteiger partial charge on any atom is 0.293 e. The van der Waals surface area contributed by atoms with Gasteiger partial charge in [-0.1, -0.05) is 15.9 Å². The molecule has 1 fully saturated rings. The molecule has 9 heteroatoms. The molecule has 2 aliphatic heterocycles. The summed E-state index contributed by atoms with van der Waals surface area (Å²) in [7, 11) is 0. The predicted octanol–water partition coefficient (Wildman–Crippen LogP) is 5.66. The first-order valence-electron chi connectivity index (χ1n) is 10.5. The summed E-state index contributed by atoms with van der Waals surface area (Å²) in [5.41, 5.74) is 1.89. The molecule has 1 aromatic heterocycles. The van der Waals surface area contributed by atoms with Gasteiger partial charge in [-0.3, -0.25) is 14.5 Å². The van der Waals surface area contributed by atoms with Gasteiger partial charge >= 0.3 is 0 Å². The van der Waals surface area contributed by atoms with E-state index in [0.717, 1.165) is 38.5 Å². The summed E-state index contributed by atoms with van der Waals surface area (Å²) in [6, 6.07) is 11.4. The quantitative estimate of drug-likeness (QED) is 0.384. The van der Waals surface area contributed by atoms with E-state index in [0.29, 0.717) is 29.6 Å². The van der Waals surface area contributed by atoms with E-state index in [1.807, 2.05) is 56.4 Å². The van der Waals surface area contributed by atoms with Gasteiger partial charge in [-0.2, -0.15) is 0 Å². The molecule has 0 N–H and O–H groups in total. The summed E-state index contributed by atoms with van der Waals surface area (Å²) >= 11 is 4.52. The highest BCUT2D eigenvalue weighted by Crippen LogP contribution is 2.36. The number of benzene rings is 2. The van der Waals surface area contributed by atoms with Crippen LogP contribution in [-0.2, 0) is 11.3 Å². The molecule has 3 aromatic rings. The van der Waals surface area contributed by atoms with Crippen molar-refractivity contribution in [2.75, 3.05) is 13.4 Å². The van der Waals surface area contributed by atoms with E-state index >= 15 is 0 Å². The molecule has 0 bridgehead atoms. The fraction of sp³-hybridized carbons (Fsp3) is 0.250. The van der Waals surface area contributed by atoms with E-state index in [4.69, 9.17) is 14.2 Å². The number of halogens is 1. The number of hydrogen-bond donors (Lipinski definition) is 0. The molecule has 0 radical (unpaired) electrons. The smallest absolute Gasteiger partial charge is 0.293 e. The fourth-order valence-corrected chi connectivity index (χ4v) is 5.20. The van der Waals surface area contributed by atoms with E-state index in [9.17, 15) is 9.59 Å². The molecule has 0 spiro atoms. The molecular formula is C24H21BrN2O5S. The van der Waals surface area contributed by atoms with Gasteiger partial charge in [0.25, 0.3) is 11.1 Å². The third kappa shape index (κ3) is 4.22. The Balaban J connectivity index is 1.39. The van der Waals surface area contributed by atoms with E-state index in [2.05, 4.69) is 20.5 Å². The van der Waals surface area contributed by atoms with E-state index in [-0.39, 0.29) is 24.0 Å². The van der Waals surface area contributed by atoms with Gasteiger partial charge in [-0.05, 0) is 62.0 Å². The number of imide groups is 1. The summed E-state index contributed by atoms with van der Waals surface area (Å²) in [5.74, 6) is 1.86. The molecule has 2 aliphatic rings. The van der Waals surface area contributed by atoms with Gasteiger partial charge in [0.05, 0.1) is 11.4 Å². The number of rotatable bonds is 6. The van der Waals surface area contributed by atoms with Gasteiger partial charge in [0.15, 0.2) is 11.5 Å². The molecule has 2 amide bonds.